The summed E-state index contributed by atoms with van der Waals surface area (Å²) in [6.07, 6.45) is 1.33. The Morgan fingerprint density at radius 1 is 1.28 bits per heavy atom. The predicted molar refractivity (Wildman–Crippen MR) is 67.2 cm³/mol. The van der Waals surface area contributed by atoms with Crippen molar-refractivity contribution in [2.24, 2.45) is 0 Å². The van der Waals surface area contributed by atoms with Gasteiger partial charge in [-0.15, -0.1) is 5.10 Å². The van der Waals surface area contributed by atoms with Crippen LogP contribution in [0.15, 0.2) is 35.4 Å². The van der Waals surface area contributed by atoms with Crippen LogP contribution in [0.25, 0.3) is 0 Å². The summed E-state index contributed by atoms with van der Waals surface area (Å²) in [4.78, 5) is 11.2. The number of Topliss-reactive ketones (excluding diaryl/α,β-unsaturated/α-hetero) is 1. The fourth-order valence-corrected chi connectivity index (χ4v) is 2.96. The first kappa shape index (κ1) is 12.7. The number of carbonyl (C=O) groups excluding carboxylic acids is 1. The summed E-state index contributed by atoms with van der Waals surface area (Å²) in [5.41, 5.74) is 0.466. The number of anilines is 1. The molecule has 0 fully saturated rings. The first-order valence-corrected chi connectivity index (χ1v) is 7.16. The van der Waals surface area contributed by atoms with E-state index in [-0.39, 0.29) is 10.7 Å². The van der Waals surface area contributed by atoms with Gasteiger partial charge in [0.05, 0.1) is 11.1 Å². The molecule has 0 aliphatic carbocycles. The summed E-state index contributed by atoms with van der Waals surface area (Å²) >= 11 is 0.947. The number of sulfonamides is 1. The van der Waals surface area contributed by atoms with Gasteiger partial charge in [0.25, 0.3) is 10.0 Å². The Bertz CT molecular complexity index is 648. The highest BCUT2D eigenvalue weighted by Gasteiger charge is 2.15. The quantitative estimate of drug-likeness (QED) is 0.860. The molecule has 8 heteroatoms. The molecule has 1 aromatic carbocycles. The number of rotatable bonds is 4. The van der Waals surface area contributed by atoms with Crippen LogP contribution in [0.1, 0.15) is 17.3 Å². The van der Waals surface area contributed by atoms with Crippen molar-refractivity contribution in [1.82, 2.24) is 9.59 Å². The molecule has 1 aromatic heterocycles. The number of hydrogen-bond acceptors (Lipinski definition) is 6. The van der Waals surface area contributed by atoms with Crippen LogP contribution in [0, 0.1) is 0 Å². The molecular formula is C10H9N3O3S2. The summed E-state index contributed by atoms with van der Waals surface area (Å²) in [7, 11) is -3.66. The van der Waals surface area contributed by atoms with Crippen molar-refractivity contribution in [1.29, 1.82) is 0 Å². The van der Waals surface area contributed by atoms with E-state index in [4.69, 9.17) is 0 Å². The highest BCUT2D eigenvalue weighted by molar-refractivity contribution is 7.93. The maximum Gasteiger partial charge on any atom is 0.262 e. The second-order valence-electron chi connectivity index (χ2n) is 3.47. The molecule has 0 aliphatic rings. The Kier molecular flexibility index (Phi) is 3.39. The van der Waals surface area contributed by atoms with Crippen molar-refractivity contribution in [3.8, 4) is 0 Å². The van der Waals surface area contributed by atoms with Crippen molar-refractivity contribution in [2.45, 2.75) is 11.8 Å². The van der Waals surface area contributed by atoms with Crippen LogP contribution in [0.3, 0.4) is 0 Å². The molecule has 18 heavy (non-hydrogen) atoms. The average Bonchev–Trinajstić information content (AvgIpc) is 2.81. The minimum Gasteiger partial charge on any atom is -0.295 e. The van der Waals surface area contributed by atoms with Crippen molar-refractivity contribution in [3.63, 3.8) is 0 Å². The normalized spacial score (nSPS) is 11.2. The van der Waals surface area contributed by atoms with Crippen molar-refractivity contribution in [2.75, 3.05) is 4.72 Å². The number of aromatic nitrogens is 2. The van der Waals surface area contributed by atoms with Crippen LogP contribution in [0.4, 0.5) is 5.00 Å². The lowest BCUT2D eigenvalue weighted by atomic mass is 10.2. The van der Waals surface area contributed by atoms with Crippen LogP contribution in [0.5, 0.6) is 0 Å². The van der Waals surface area contributed by atoms with Gasteiger partial charge in [0.15, 0.2) is 5.78 Å². The first-order chi connectivity index (χ1) is 8.49. The summed E-state index contributed by atoms with van der Waals surface area (Å²) < 4.78 is 29.8. The third kappa shape index (κ3) is 2.71. The highest BCUT2D eigenvalue weighted by Crippen LogP contribution is 2.18. The molecule has 0 saturated carbocycles. The molecular weight excluding hydrogens is 274 g/mol. The predicted octanol–water partition coefficient (Wildman–Crippen LogP) is 1.54. The number of nitrogens with zero attached hydrogens (tertiary/aromatic N) is 2. The minimum atomic E-state index is -3.66. The molecule has 0 bridgehead atoms. The topological polar surface area (TPSA) is 89.0 Å². The molecule has 2 aromatic rings. The lowest BCUT2D eigenvalue weighted by molar-refractivity contribution is 0.101. The molecule has 1 heterocycles. The Balaban J connectivity index is 2.27. The maximum atomic E-state index is 11.9. The van der Waals surface area contributed by atoms with E-state index >= 15 is 0 Å². The first-order valence-electron chi connectivity index (χ1n) is 4.90. The molecule has 94 valence electrons. The molecule has 0 saturated heterocycles. The van der Waals surface area contributed by atoms with Gasteiger partial charge < -0.3 is 0 Å². The van der Waals surface area contributed by atoms with E-state index in [2.05, 4.69) is 14.3 Å². The Morgan fingerprint density at radius 2 is 1.94 bits per heavy atom. The van der Waals surface area contributed by atoms with E-state index in [9.17, 15) is 13.2 Å². The van der Waals surface area contributed by atoms with E-state index in [1.165, 1.54) is 37.4 Å². The van der Waals surface area contributed by atoms with Gasteiger partial charge in [0.2, 0.25) is 0 Å². The zero-order chi connectivity index (χ0) is 13.2. The van der Waals surface area contributed by atoms with Gasteiger partial charge in [-0.2, -0.15) is 0 Å². The lowest BCUT2D eigenvalue weighted by Crippen LogP contribution is -2.12. The smallest absolute Gasteiger partial charge is 0.262 e. The van der Waals surface area contributed by atoms with E-state index in [0.717, 1.165) is 11.5 Å². The van der Waals surface area contributed by atoms with Gasteiger partial charge in [-0.25, -0.2) is 8.42 Å². The van der Waals surface area contributed by atoms with Crippen LogP contribution in [0.2, 0.25) is 0 Å². The second kappa shape index (κ2) is 4.83. The molecule has 0 spiro atoms. The van der Waals surface area contributed by atoms with Gasteiger partial charge in [-0.05, 0) is 19.1 Å². The molecule has 0 radical (unpaired) electrons. The minimum absolute atomic E-state index is 0.0842. The number of carbonyl (C=O) groups is 1. The van der Waals surface area contributed by atoms with Crippen molar-refractivity contribution >= 4 is 32.3 Å². The van der Waals surface area contributed by atoms with Crippen molar-refractivity contribution in [3.05, 3.63) is 36.0 Å². The molecule has 0 unspecified atom stereocenters. The number of ketones is 1. The van der Waals surface area contributed by atoms with E-state index < -0.39 is 10.0 Å². The standard InChI is InChI=1S/C10H9N3O3S2/c1-7(14)8-2-4-9(5-3-8)18(15,16)12-10-6-11-13-17-10/h2-6,12H,1H3. The van der Waals surface area contributed by atoms with Gasteiger partial charge in [0.1, 0.15) is 5.00 Å². The van der Waals surface area contributed by atoms with E-state index in [1.807, 2.05) is 0 Å². The Morgan fingerprint density at radius 3 is 2.44 bits per heavy atom. The number of nitrogens with one attached hydrogen (secondary N) is 1. The number of benzene rings is 1. The summed E-state index contributed by atoms with van der Waals surface area (Å²) in [6, 6.07) is 5.71. The van der Waals surface area contributed by atoms with Crippen LogP contribution in [-0.2, 0) is 10.0 Å². The van der Waals surface area contributed by atoms with Crippen LogP contribution < -0.4 is 4.72 Å². The largest absolute Gasteiger partial charge is 0.295 e. The zero-order valence-electron chi connectivity index (χ0n) is 9.32. The van der Waals surface area contributed by atoms with E-state index in [0.29, 0.717) is 10.6 Å². The molecule has 0 atom stereocenters. The van der Waals surface area contributed by atoms with E-state index in [1.54, 1.807) is 0 Å². The van der Waals surface area contributed by atoms with Crippen LogP contribution in [-0.4, -0.2) is 23.8 Å². The molecule has 0 amide bonds. The highest BCUT2D eigenvalue weighted by atomic mass is 32.2. The average molecular weight is 283 g/mol. The molecule has 0 aliphatic heterocycles. The van der Waals surface area contributed by atoms with Crippen LogP contribution >= 0.6 is 11.5 Å². The second-order valence-corrected chi connectivity index (χ2v) is 5.94. The van der Waals surface area contributed by atoms with Gasteiger partial charge in [-0.1, -0.05) is 16.6 Å². The Hall–Kier alpha value is -1.80. The molecule has 1 N–H and O–H groups in total. The maximum absolute atomic E-state index is 11.9. The van der Waals surface area contributed by atoms with Gasteiger partial charge >= 0.3 is 0 Å². The van der Waals surface area contributed by atoms with Crippen molar-refractivity contribution < 1.29 is 13.2 Å². The fraction of sp³-hybridized carbons (Fsp3) is 0.100. The lowest BCUT2D eigenvalue weighted by Gasteiger charge is -2.05. The molecule has 6 nitrogen and oxygen atoms in total. The SMILES string of the molecule is CC(=O)c1ccc(S(=O)(=O)Nc2cnns2)cc1. The molecule has 2 rings (SSSR count). The monoisotopic (exact) mass is 283 g/mol. The third-order valence-corrected chi connectivity index (χ3v) is 4.26. The summed E-state index contributed by atoms with van der Waals surface area (Å²) in [5.74, 6) is -0.112. The fourth-order valence-electron chi connectivity index (χ4n) is 1.27. The zero-order valence-corrected chi connectivity index (χ0v) is 11.0. The summed E-state index contributed by atoms with van der Waals surface area (Å²) in [5, 5.41) is 3.87. The Labute approximate surface area is 108 Å². The number of hydrogen-bond donors (Lipinski definition) is 1. The summed E-state index contributed by atoms with van der Waals surface area (Å²) in [6.45, 7) is 1.42. The van der Waals surface area contributed by atoms with Gasteiger partial charge in [0, 0.05) is 17.1 Å². The van der Waals surface area contributed by atoms with Gasteiger partial charge in [-0.3, -0.25) is 9.52 Å². The third-order valence-electron chi connectivity index (χ3n) is 2.17.